The molecule has 0 unspecified atom stereocenters. The number of rotatable bonds is 2. The number of nitriles is 1. The standard InChI is InChI=1S/C14H18N4O/c1-17-7-2-8-18(10-14(17)19)12-3-4-13(16)11(9-12)5-6-15/h3-4,9H,2,5,7-8,10,16H2,1H3. The van der Waals surface area contributed by atoms with E-state index in [1.54, 1.807) is 11.0 Å². The molecule has 2 N–H and O–H groups in total. The third-order valence-corrected chi connectivity index (χ3v) is 3.43. The Morgan fingerprint density at radius 3 is 2.95 bits per heavy atom. The Hall–Kier alpha value is -2.22. The zero-order chi connectivity index (χ0) is 13.8. The topological polar surface area (TPSA) is 73.4 Å². The van der Waals surface area contributed by atoms with Crippen molar-refractivity contribution in [2.45, 2.75) is 12.8 Å². The number of amides is 1. The van der Waals surface area contributed by atoms with Gasteiger partial charge in [0.25, 0.3) is 0 Å². The van der Waals surface area contributed by atoms with Gasteiger partial charge in [-0.25, -0.2) is 0 Å². The minimum atomic E-state index is 0.121. The molecular formula is C14H18N4O. The Labute approximate surface area is 113 Å². The second-order valence-electron chi connectivity index (χ2n) is 4.81. The highest BCUT2D eigenvalue weighted by atomic mass is 16.2. The number of benzene rings is 1. The normalized spacial score (nSPS) is 16.1. The van der Waals surface area contributed by atoms with E-state index in [4.69, 9.17) is 11.0 Å². The average molecular weight is 258 g/mol. The van der Waals surface area contributed by atoms with Crippen LogP contribution in [0.1, 0.15) is 12.0 Å². The van der Waals surface area contributed by atoms with E-state index in [0.29, 0.717) is 18.7 Å². The minimum absolute atomic E-state index is 0.121. The molecule has 1 aromatic carbocycles. The molecule has 1 fully saturated rings. The van der Waals surface area contributed by atoms with Gasteiger partial charge in [-0.1, -0.05) is 0 Å². The number of likely N-dealkylation sites (N-methyl/N-ethyl adjacent to an activating group) is 1. The van der Waals surface area contributed by atoms with E-state index in [0.717, 1.165) is 30.8 Å². The highest BCUT2D eigenvalue weighted by molar-refractivity contribution is 5.82. The van der Waals surface area contributed by atoms with Crippen LogP contribution in [0.5, 0.6) is 0 Å². The van der Waals surface area contributed by atoms with Gasteiger partial charge in [-0.2, -0.15) is 5.26 Å². The van der Waals surface area contributed by atoms with Gasteiger partial charge in [0.05, 0.1) is 19.0 Å². The molecule has 0 radical (unpaired) electrons. The lowest BCUT2D eigenvalue weighted by Gasteiger charge is -2.22. The van der Waals surface area contributed by atoms with Crippen molar-refractivity contribution in [3.05, 3.63) is 23.8 Å². The van der Waals surface area contributed by atoms with Crippen molar-refractivity contribution in [1.82, 2.24) is 4.90 Å². The lowest BCUT2D eigenvalue weighted by Crippen LogP contribution is -2.34. The average Bonchev–Trinajstić information content (AvgIpc) is 2.55. The molecular weight excluding hydrogens is 240 g/mol. The summed E-state index contributed by atoms with van der Waals surface area (Å²) < 4.78 is 0. The second-order valence-corrected chi connectivity index (χ2v) is 4.81. The van der Waals surface area contributed by atoms with Gasteiger partial charge < -0.3 is 15.5 Å². The Morgan fingerprint density at radius 2 is 2.21 bits per heavy atom. The molecule has 19 heavy (non-hydrogen) atoms. The van der Waals surface area contributed by atoms with E-state index in [-0.39, 0.29) is 5.91 Å². The first-order valence-electron chi connectivity index (χ1n) is 6.36. The van der Waals surface area contributed by atoms with Gasteiger partial charge in [-0.05, 0) is 30.2 Å². The highest BCUT2D eigenvalue weighted by Crippen LogP contribution is 2.23. The van der Waals surface area contributed by atoms with E-state index in [9.17, 15) is 4.79 Å². The van der Waals surface area contributed by atoms with Gasteiger partial charge in [-0.15, -0.1) is 0 Å². The molecule has 100 valence electrons. The van der Waals surface area contributed by atoms with Gasteiger partial charge in [0.1, 0.15) is 0 Å². The van der Waals surface area contributed by atoms with Gasteiger partial charge in [0, 0.05) is 31.5 Å². The Balaban J connectivity index is 2.24. The van der Waals surface area contributed by atoms with Crippen LogP contribution in [0.25, 0.3) is 0 Å². The molecule has 1 aliphatic rings. The number of carbonyl (C=O) groups excluding carboxylic acids is 1. The smallest absolute Gasteiger partial charge is 0.241 e. The molecule has 5 heteroatoms. The predicted molar refractivity (Wildman–Crippen MR) is 74.6 cm³/mol. The maximum absolute atomic E-state index is 11.9. The summed E-state index contributed by atoms with van der Waals surface area (Å²) in [4.78, 5) is 15.7. The third-order valence-electron chi connectivity index (χ3n) is 3.43. The number of anilines is 2. The molecule has 0 spiro atoms. The fraction of sp³-hybridized carbons (Fsp3) is 0.429. The Kier molecular flexibility index (Phi) is 3.91. The molecule has 1 amide bonds. The van der Waals surface area contributed by atoms with Crippen molar-refractivity contribution in [3.8, 4) is 6.07 Å². The van der Waals surface area contributed by atoms with Crippen molar-refractivity contribution >= 4 is 17.3 Å². The molecule has 0 saturated carbocycles. The summed E-state index contributed by atoms with van der Waals surface area (Å²) >= 11 is 0. The largest absolute Gasteiger partial charge is 0.398 e. The Morgan fingerprint density at radius 1 is 1.42 bits per heavy atom. The van der Waals surface area contributed by atoms with Crippen molar-refractivity contribution < 1.29 is 4.79 Å². The van der Waals surface area contributed by atoms with Crippen LogP contribution in [0.15, 0.2) is 18.2 Å². The summed E-state index contributed by atoms with van der Waals surface area (Å²) in [6, 6.07) is 7.74. The molecule has 0 bridgehead atoms. The molecule has 2 rings (SSSR count). The van der Waals surface area contributed by atoms with Gasteiger partial charge in [0.2, 0.25) is 5.91 Å². The first kappa shape index (κ1) is 13.2. The minimum Gasteiger partial charge on any atom is -0.398 e. The molecule has 1 aromatic rings. The van der Waals surface area contributed by atoms with Gasteiger partial charge >= 0.3 is 0 Å². The number of nitrogens with zero attached hydrogens (tertiary/aromatic N) is 3. The molecule has 5 nitrogen and oxygen atoms in total. The molecule has 1 saturated heterocycles. The van der Waals surface area contributed by atoms with Crippen LogP contribution in [-0.2, 0) is 11.2 Å². The fourth-order valence-electron chi connectivity index (χ4n) is 2.23. The van der Waals surface area contributed by atoms with Crippen LogP contribution in [0.2, 0.25) is 0 Å². The maximum atomic E-state index is 11.9. The van der Waals surface area contributed by atoms with Crippen LogP contribution >= 0.6 is 0 Å². The first-order valence-corrected chi connectivity index (χ1v) is 6.36. The summed E-state index contributed by atoms with van der Waals surface area (Å²) in [5.41, 5.74) is 8.25. The van der Waals surface area contributed by atoms with Gasteiger partial charge in [0.15, 0.2) is 0 Å². The van der Waals surface area contributed by atoms with Crippen molar-refractivity contribution in [1.29, 1.82) is 5.26 Å². The third kappa shape index (κ3) is 2.97. The molecule has 1 heterocycles. The zero-order valence-electron chi connectivity index (χ0n) is 11.1. The number of nitrogens with two attached hydrogens (primary N) is 1. The van der Waals surface area contributed by atoms with Crippen LogP contribution < -0.4 is 10.6 Å². The summed E-state index contributed by atoms with van der Waals surface area (Å²) in [5.74, 6) is 0.121. The fourth-order valence-corrected chi connectivity index (χ4v) is 2.23. The van der Waals surface area contributed by atoms with Crippen molar-refractivity contribution in [2.75, 3.05) is 37.3 Å². The monoisotopic (exact) mass is 258 g/mol. The van der Waals surface area contributed by atoms with E-state index >= 15 is 0 Å². The molecule has 0 aromatic heterocycles. The van der Waals surface area contributed by atoms with Crippen molar-refractivity contribution in [3.63, 3.8) is 0 Å². The lowest BCUT2D eigenvalue weighted by atomic mass is 10.1. The number of hydrogen-bond acceptors (Lipinski definition) is 4. The Bertz CT molecular complexity index is 521. The molecule has 1 aliphatic heterocycles. The van der Waals surface area contributed by atoms with E-state index < -0.39 is 0 Å². The summed E-state index contributed by atoms with van der Waals surface area (Å²) in [7, 11) is 1.83. The van der Waals surface area contributed by atoms with Crippen LogP contribution in [-0.4, -0.2) is 37.5 Å². The summed E-state index contributed by atoms with van der Waals surface area (Å²) in [5, 5.41) is 8.79. The predicted octanol–water partition coefficient (Wildman–Crippen LogP) is 1.00. The lowest BCUT2D eigenvalue weighted by molar-refractivity contribution is -0.127. The number of carbonyl (C=O) groups is 1. The quantitative estimate of drug-likeness (QED) is 0.803. The first-order chi connectivity index (χ1) is 9.11. The SMILES string of the molecule is CN1CCCN(c2ccc(N)c(CC#N)c2)CC1=O. The molecule has 0 atom stereocenters. The molecule has 0 aliphatic carbocycles. The summed E-state index contributed by atoms with van der Waals surface area (Å²) in [6.45, 7) is 2.01. The zero-order valence-corrected chi connectivity index (χ0v) is 11.1. The van der Waals surface area contributed by atoms with E-state index in [2.05, 4.69) is 6.07 Å². The van der Waals surface area contributed by atoms with Crippen LogP contribution in [0, 0.1) is 11.3 Å². The highest BCUT2D eigenvalue weighted by Gasteiger charge is 2.19. The number of hydrogen-bond donors (Lipinski definition) is 1. The van der Waals surface area contributed by atoms with Crippen LogP contribution in [0.4, 0.5) is 11.4 Å². The van der Waals surface area contributed by atoms with E-state index in [1.807, 2.05) is 24.1 Å². The summed E-state index contributed by atoms with van der Waals surface area (Å²) in [6.07, 6.45) is 1.24. The van der Waals surface area contributed by atoms with E-state index in [1.165, 1.54) is 0 Å². The van der Waals surface area contributed by atoms with Gasteiger partial charge in [-0.3, -0.25) is 4.79 Å². The van der Waals surface area contributed by atoms with Crippen molar-refractivity contribution in [2.24, 2.45) is 0 Å². The van der Waals surface area contributed by atoms with Crippen LogP contribution in [0.3, 0.4) is 0 Å². The number of nitrogen functional groups attached to an aromatic ring is 1. The maximum Gasteiger partial charge on any atom is 0.241 e. The second kappa shape index (κ2) is 5.61.